The van der Waals surface area contributed by atoms with Gasteiger partial charge in [0.2, 0.25) is 0 Å². The Morgan fingerprint density at radius 3 is 1.70 bits per heavy atom. The number of aliphatic hydroxyl groups excluding tert-OH is 1. The van der Waals surface area contributed by atoms with Crippen LogP contribution in [0.1, 0.15) is 40.5 Å². The Morgan fingerprint density at radius 1 is 0.913 bits per heavy atom. The van der Waals surface area contributed by atoms with Gasteiger partial charge in [-0.3, -0.25) is 0 Å². The lowest BCUT2D eigenvalue weighted by atomic mass is 10.2. The van der Waals surface area contributed by atoms with Crippen LogP contribution < -0.4 is 10.4 Å². The van der Waals surface area contributed by atoms with Crippen molar-refractivity contribution in [3.05, 3.63) is 60.7 Å². The summed E-state index contributed by atoms with van der Waals surface area (Å²) in [4.78, 5) is 0. The van der Waals surface area contributed by atoms with Crippen LogP contribution in [-0.2, 0) is 4.43 Å². The maximum Gasteiger partial charge on any atom is 0.264 e. The van der Waals surface area contributed by atoms with Crippen LogP contribution in [0.15, 0.2) is 60.7 Å². The summed E-state index contributed by atoms with van der Waals surface area (Å²) in [6.07, 6.45) is 0.829. The first kappa shape index (κ1) is 17.9. The summed E-state index contributed by atoms with van der Waals surface area (Å²) < 4.78 is 6.51. The molecule has 0 saturated carbocycles. The van der Waals surface area contributed by atoms with Gasteiger partial charge in [0.25, 0.3) is 8.32 Å². The summed E-state index contributed by atoms with van der Waals surface area (Å²) >= 11 is 0. The molecular weight excluding hydrogens is 300 g/mol. The van der Waals surface area contributed by atoms with Gasteiger partial charge in [0.05, 0.1) is 0 Å². The highest BCUT2D eigenvalue weighted by Crippen LogP contribution is 2.37. The fourth-order valence-corrected chi connectivity index (χ4v) is 7.74. The van der Waals surface area contributed by atoms with Gasteiger partial charge in [-0.15, -0.1) is 0 Å². The lowest BCUT2D eigenvalue weighted by molar-refractivity contribution is -0.0312. The van der Waals surface area contributed by atoms with E-state index in [2.05, 4.69) is 76.2 Å². The second kappa shape index (κ2) is 7.43. The van der Waals surface area contributed by atoms with Gasteiger partial charge in [0.1, 0.15) is 6.29 Å². The zero-order valence-electron chi connectivity index (χ0n) is 14.6. The summed E-state index contributed by atoms with van der Waals surface area (Å²) in [7, 11) is -2.60. The van der Waals surface area contributed by atoms with Gasteiger partial charge in [-0.05, 0) is 21.8 Å². The second-order valence-corrected chi connectivity index (χ2v) is 11.3. The lowest BCUT2D eigenvalue weighted by Crippen LogP contribution is -2.67. The van der Waals surface area contributed by atoms with Crippen LogP contribution in [0.3, 0.4) is 0 Å². The fraction of sp³-hybridized carbons (Fsp3) is 0.400. The summed E-state index contributed by atoms with van der Waals surface area (Å²) in [5.41, 5.74) is 0. The maximum atomic E-state index is 10.5. The molecule has 0 saturated heterocycles. The van der Waals surface area contributed by atoms with E-state index < -0.39 is 14.6 Å². The Kier molecular flexibility index (Phi) is 5.79. The van der Waals surface area contributed by atoms with Crippen LogP contribution in [0.2, 0.25) is 5.04 Å². The van der Waals surface area contributed by atoms with Crippen LogP contribution in [0.25, 0.3) is 0 Å². The molecule has 2 nitrogen and oxygen atoms in total. The molecule has 0 fully saturated rings. The van der Waals surface area contributed by atoms with Crippen molar-refractivity contribution in [3.8, 4) is 0 Å². The summed E-state index contributed by atoms with van der Waals surface area (Å²) in [6.45, 7) is 8.73. The van der Waals surface area contributed by atoms with Crippen molar-refractivity contribution >= 4 is 18.7 Å². The predicted molar refractivity (Wildman–Crippen MR) is 99.6 cm³/mol. The Morgan fingerprint density at radius 2 is 1.35 bits per heavy atom. The van der Waals surface area contributed by atoms with Crippen molar-refractivity contribution in [2.75, 3.05) is 0 Å². The fourth-order valence-electron chi connectivity index (χ4n) is 3.20. The molecule has 0 amide bonds. The molecule has 0 heterocycles. The van der Waals surface area contributed by atoms with E-state index in [0.717, 1.165) is 6.42 Å². The van der Waals surface area contributed by atoms with Crippen molar-refractivity contribution < 1.29 is 9.53 Å². The van der Waals surface area contributed by atoms with Crippen molar-refractivity contribution in [3.63, 3.8) is 0 Å². The van der Waals surface area contributed by atoms with Gasteiger partial charge in [-0.2, -0.15) is 0 Å². The molecule has 0 bridgehead atoms. The zero-order chi connectivity index (χ0) is 16.9. The van der Waals surface area contributed by atoms with Gasteiger partial charge in [0, 0.05) is 0 Å². The molecule has 0 radical (unpaired) electrons. The van der Waals surface area contributed by atoms with E-state index in [1.54, 1.807) is 0 Å². The smallest absolute Gasteiger partial charge is 0.264 e. The van der Waals surface area contributed by atoms with Crippen LogP contribution >= 0.6 is 0 Å². The minimum Gasteiger partial charge on any atom is -0.383 e. The summed E-state index contributed by atoms with van der Waals surface area (Å²) in [6, 6.07) is 20.8. The van der Waals surface area contributed by atoms with Crippen LogP contribution in [-0.4, -0.2) is 19.7 Å². The van der Waals surface area contributed by atoms with Crippen molar-refractivity contribution in [2.45, 2.75) is 51.9 Å². The third-order valence-electron chi connectivity index (χ3n) is 4.27. The Balaban J connectivity index is 2.64. The lowest BCUT2D eigenvalue weighted by Gasteiger charge is -2.44. The average Bonchev–Trinajstić information content (AvgIpc) is 2.53. The zero-order valence-corrected chi connectivity index (χ0v) is 15.6. The number of aliphatic hydroxyl groups is 1. The van der Waals surface area contributed by atoms with E-state index in [-0.39, 0.29) is 5.04 Å². The highest BCUT2D eigenvalue weighted by atomic mass is 28.4. The predicted octanol–water partition coefficient (Wildman–Crippen LogP) is 3.68. The quantitative estimate of drug-likeness (QED) is 0.647. The molecular formula is C20H28O2Si. The minimum atomic E-state index is -2.60. The molecule has 124 valence electrons. The van der Waals surface area contributed by atoms with Crippen LogP contribution in [0.4, 0.5) is 0 Å². The number of rotatable bonds is 6. The molecule has 1 unspecified atom stereocenters. The Labute approximate surface area is 141 Å². The summed E-state index contributed by atoms with van der Waals surface area (Å²) in [5.74, 6) is 0. The van der Waals surface area contributed by atoms with E-state index in [0.29, 0.717) is 6.42 Å². The minimum absolute atomic E-state index is 0.0928. The van der Waals surface area contributed by atoms with Crippen molar-refractivity contribution in [1.29, 1.82) is 0 Å². The highest BCUT2D eigenvalue weighted by Gasteiger charge is 2.51. The largest absolute Gasteiger partial charge is 0.383 e. The first-order chi connectivity index (χ1) is 10.9. The number of benzene rings is 2. The van der Waals surface area contributed by atoms with E-state index in [9.17, 15) is 5.11 Å². The van der Waals surface area contributed by atoms with Crippen LogP contribution in [0.5, 0.6) is 0 Å². The number of hydrogen-bond acceptors (Lipinski definition) is 2. The van der Waals surface area contributed by atoms with E-state index in [1.807, 2.05) is 12.1 Å². The molecule has 0 spiro atoms. The SMILES string of the molecule is CCCC(O)O[Si](c1ccccc1)(c1ccccc1)C(C)(C)C. The highest BCUT2D eigenvalue weighted by molar-refractivity contribution is 6.99. The standard InChI is InChI=1S/C20H28O2Si/c1-5-12-19(21)22-23(20(2,3)4,17-13-8-6-9-14-17)18-15-10-7-11-16-18/h6-11,13-16,19,21H,5,12H2,1-4H3. The monoisotopic (exact) mass is 328 g/mol. The molecule has 0 aromatic heterocycles. The van der Waals surface area contributed by atoms with E-state index in [4.69, 9.17) is 4.43 Å². The third-order valence-corrected chi connectivity index (χ3v) is 9.30. The Hall–Kier alpha value is -1.42. The first-order valence-corrected chi connectivity index (χ1v) is 10.3. The molecule has 0 aliphatic heterocycles. The molecule has 23 heavy (non-hydrogen) atoms. The van der Waals surface area contributed by atoms with Gasteiger partial charge in [-0.25, -0.2) is 0 Å². The molecule has 3 heteroatoms. The normalized spacial score (nSPS) is 13.8. The number of hydrogen-bond donors (Lipinski definition) is 1. The molecule has 2 aromatic carbocycles. The van der Waals surface area contributed by atoms with E-state index in [1.165, 1.54) is 10.4 Å². The van der Waals surface area contributed by atoms with Gasteiger partial charge in [-0.1, -0.05) is 94.8 Å². The Bertz CT molecular complexity index is 551. The summed E-state index contributed by atoms with van der Waals surface area (Å²) in [5, 5.41) is 12.8. The molecule has 1 atom stereocenters. The average molecular weight is 329 g/mol. The molecule has 2 rings (SSSR count). The molecule has 2 aromatic rings. The topological polar surface area (TPSA) is 29.5 Å². The molecule has 0 aliphatic carbocycles. The van der Waals surface area contributed by atoms with Crippen molar-refractivity contribution in [1.82, 2.24) is 0 Å². The van der Waals surface area contributed by atoms with Gasteiger partial charge >= 0.3 is 0 Å². The van der Waals surface area contributed by atoms with E-state index >= 15 is 0 Å². The van der Waals surface area contributed by atoms with Gasteiger partial charge < -0.3 is 9.53 Å². The molecule has 0 aliphatic rings. The maximum absolute atomic E-state index is 10.5. The second-order valence-electron chi connectivity index (χ2n) is 7.02. The van der Waals surface area contributed by atoms with Gasteiger partial charge in [0.15, 0.2) is 0 Å². The molecule has 1 N–H and O–H groups in total. The van der Waals surface area contributed by atoms with Crippen molar-refractivity contribution in [2.24, 2.45) is 0 Å². The van der Waals surface area contributed by atoms with Crippen LogP contribution in [0, 0.1) is 0 Å². The first-order valence-electron chi connectivity index (χ1n) is 8.38. The third kappa shape index (κ3) is 3.74.